The van der Waals surface area contributed by atoms with Crippen LogP contribution >= 0.6 is 23.2 Å². The van der Waals surface area contributed by atoms with Gasteiger partial charge in [0.1, 0.15) is 12.0 Å². The number of nitrogens with two attached hydrogens (primary N) is 1. The second-order valence-corrected chi connectivity index (χ2v) is 9.90. The molecule has 1 heterocycles. The first-order chi connectivity index (χ1) is 17.5. The highest BCUT2D eigenvalue weighted by Gasteiger charge is 2.31. The van der Waals surface area contributed by atoms with Crippen molar-refractivity contribution in [1.82, 2.24) is 0 Å². The van der Waals surface area contributed by atoms with Crippen molar-refractivity contribution >= 4 is 35.2 Å². The number of carbonyl (C=O) groups is 1. The summed E-state index contributed by atoms with van der Waals surface area (Å²) in [5.41, 5.74) is 10.6. The third kappa shape index (κ3) is 6.15. The fraction of sp³-hybridized carbons (Fsp3) is 0.345. The third-order valence-corrected chi connectivity index (χ3v) is 7.06. The summed E-state index contributed by atoms with van der Waals surface area (Å²) in [7, 11) is 0. The van der Waals surface area contributed by atoms with E-state index >= 15 is 0 Å². The number of hydrogen-bond acceptors (Lipinski definition) is 5. The third-order valence-electron chi connectivity index (χ3n) is 6.50. The molecule has 0 aliphatic carbocycles. The van der Waals surface area contributed by atoms with Crippen molar-refractivity contribution in [2.24, 2.45) is 11.7 Å². The van der Waals surface area contributed by atoms with Crippen LogP contribution in [0.1, 0.15) is 35.6 Å². The highest BCUT2D eigenvalue weighted by Crippen LogP contribution is 2.38. The van der Waals surface area contributed by atoms with Gasteiger partial charge in [-0.25, -0.2) is 0 Å². The molecule has 2 atom stereocenters. The fourth-order valence-electron chi connectivity index (χ4n) is 4.78. The Balaban J connectivity index is 1.39. The van der Waals surface area contributed by atoms with Gasteiger partial charge in [-0.2, -0.15) is 0 Å². The molecule has 1 aliphatic heterocycles. The maximum absolute atomic E-state index is 12.0. The number of ether oxygens (including phenoxy) is 2. The molecule has 0 spiro atoms. The molecule has 5 nitrogen and oxygen atoms in total. The summed E-state index contributed by atoms with van der Waals surface area (Å²) < 4.78 is 11.7. The van der Waals surface area contributed by atoms with E-state index in [1.807, 2.05) is 49.4 Å². The van der Waals surface area contributed by atoms with E-state index in [9.17, 15) is 4.79 Å². The lowest BCUT2D eigenvalue weighted by molar-refractivity contribution is -0.111. The van der Waals surface area contributed by atoms with Crippen molar-refractivity contribution in [1.29, 1.82) is 0 Å². The van der Waals surface area contributed by atoms with Crippen LogP contribution in [-0.4, -0.2) is 32.6 Å². The first-order valence-corrected chi connectivity index (χ1v) is 13.1. The summed E-state index contributed by atoms with van der Waals surface area (Å²) in [5, 5.41) is 1.02. The van der Waals surface area contributed by atoms with E-state index in [1.54, 1.807) is 0 Å². The van der Waals surface area contributed by atoms with Crippen LogP contribution < -0.4 is 20.1 Å². The molecule has 1 aliphatic rings. The molecular formula is C29H32Cl2N2O3. The zero-order chi connectivity index (χ0) is 25.5. The van der Waals surface area contributed by atoms with E-state index in [0.717, 1.165) is 42.5 Å². The molecule has 2 unspecified atom stereocenters. The zero-order valence-corrected chi connectivity index (χ0v) is 22.0. The topological polar surface area (TPSA) is 64.8 Å². The van der Waals surface area contributed by atoms with Crippen LogP contribution in [0.15, 0.2) is 60.7 Å². The van der Waals surface area contributed by atoms with Crippen molar-refractivity contribution < 1.29 is 14.3 Å². The summed E-state index contributed by atoms with van der Waals surface area (Å²) in [6, 6.07) is 19.9. The Bertz CT molecular complexity index is 1150. The van der Waals surface area contributed by atoms with Crippen LogP contribution in [0.4, 0.5) is 5.69 Å². The molecule has 7 heteroatoms. The number of hydrogen-bond donors (Lipinski definition) is 1. The molecule has 36 heavy (non-hydrogen) atoms. The minimum Gasteiger partial charge on any atom is -0.493 e. The van der Waals surface area contributed by atoms with E-state index in [4.69, 9.17) is 38.4 Å². The number of para-hydroxylation sites is 1. The Morgan fingerprint density at radius 1 is 1.03 bits per heavy atom. The van der Waals surface area contributed by atoms with Crippen LogP contribution in [0, 0.1) is 12.8 Å². The number of benzene rings is 3. The Kier molecular flexibility index (Phi) is 9.13. The van der Waals surface area contributed by atoms with Gasteiger partial charge in [0.15, 0.2) is 5.75 Å². The molecule has 2 N–H and O–H groups in total. The molecule has 0 radical (unpaired) electrons. The monoisotopic (exact) mass is 526 g/mol. The molecule has 4 rings (SSSR count). The van der Waals surface area contributed by atoms with Gasteiger partial charge in [-0.1, -0.05) is 53.5 Å². The maximum atomic E-state index is 12.0. The second-order valence-electron chi connectivity index (χ2n) is 9.08. The Labute approximate surface area is 223 Å². The van der Waals surface area contributed by atoms with Gasteiger partial charge in [0.25, 0.3) is 0 Å². The Morgan fingerprint density at radius 2 is 1.72 bits per heavy atom. The first kappa shape index (κ1) is 26.3. The average molecular weight is 527 g/mol. The highest BCUT2D eigenvalue weighted by molar-refractivity contribution is 6.37. The lowest BCUT2D eigenvalue weighted by Gasteiger charge is -2.40. The highest BCUT2D eigenvalue weighted by atomic mass is 35.5. The Morgan fingerprint density at radius 3 is 2.42 bits per heavy atom. The molecule has 190 valence electrons. The van der Waals surface area contributed by atoms with Crippen LogP contribution in [0.3, 0.4) is 0 Å². The summed E-state index contributed by atoms with van der Waals surface area (Å²) in [4.78, 5) is 14.3. The lowest BCUT2D eigenvalue weighted by Crippen LogP contribution is -2.40. The largest absolute Gasteiger partial charge is 0.493 e. The van der Waals surface area contributed by atoms with Crippen LogP contribution in [0.25, 0.3) is 0 Å². The summed E-state index contributed by atoms with van der Waals surface area (Å²) >= 11 is 12.5. The standard InChI is InChI=1S/C29H32Cl2N2O3/c1-20-16-25(30)29(26(31)17-20)36-15-5-14-35-24-11-9-22(10-12-24)28(23(18-32)19-34)33-13-4-7-21-6-2-3-8-27(21)33/h2-3,6,8-12,16-17,19,23,28H,4-5,7,13-15,18,32H2,1H3. The number of anilines is 1. The molecule has 0 fully saturated rings. The molecule has 0 aromatic heterocycles. The molecule has 0 saturated heterocycles. The molecule has 3 aromatic carbocycles. The number of carbonyl (C=O) groups excluding carboxylic acids is 1. The summed E-state index contributed by atoms with van der Waals surface area (Å²) in [6.07, 6.45) is 3.76. The Hall–Kier alpha value is -2.73. The normalized spacial score (nSPS) is 14.6. The molecule has 0 amide bonds. The smallest absolute Gasteiger partial charge is 0.156 e. The fourth-order valence-corrected chi connectivity index (χ4v) is 5.48. The molecular weight excluding hydrogens is 495 g/mol. The van der Waals surface area contributed by atoms with Gasteiger partial charge in [-0.05, 0) is 66.8 Å². The van der Waals surface area contributed by atoms with Crippen molar-refractivity contribution in [2.75, 3.05) is 31.2 Å². The number of aldehydes is 1. The van der Waals surface area contributed by atoms with Gasteiger partial charge < -0.3 is 24.9 Å². The summed E-state index contributed by atoms with van der Waals surface area (Å²) in [6.45, 7) is 4.04. The van der Waals surface area contributed by atoms with E-state index in [2.05, 4.69) is 23.1 Å². The van der Waals surface area contributed by atoms with E-state index < -0.39 is 0 Å². The molecule has 0 bridgehead atoms. The van der Waals surface area contributed by atoms with Gasteiger partial charge in [0.2, 0.25) is 0 Å². The van der Waals surface area contributed by atoms with Crippen LogP contribution in [0.5, 0.6) is 11.5 Å². The predicted octanol–water partition coefficient (Wildman–Crippen LogP) is 6.42. The number of halogens is 2. The number of rotatable bonds is 11. The number of fused-ring (bicyclic) bond motifs is 1. The predicted molar refractivity (Wildman–Crippen MR) is 147 cm³/mol. The number of nitrogens with zero attached hydrogens (tertiary/aromatic N) is 1. The summed E-state index contributed by atoms with van der Waals surface area (Å²) in [5.74, 6) is 0.960. The lowest BCUT2D eigenvalue weighted by atomic mass is 9.89. The minimum atomic E-state index is -0.305. The van der Waals surface area contributed by atoms with Gasteiger partial charge in [-0.15, -0.1) is 0 Å². The van der Waals surface area contributed by atoms with E-state index in [0.29, 0.717) is 42.0 Å². The zero-order valence-electron chi connectivity index (χ0n) is 20.5. The first-order valence-electron chi connectivity index (χ1n) is 12.3. The van der Waals surface area contributed by atoms with Crippen molar-refractivity contribution in [3.05, 3.63) is 87.4 Å². The molecule has 3 aromatic rings. The van der Waals surface area contributed by atoms with E-state index in [-0.39, 0.29) is 12.0 Å². The van der Waals surface area contributed by atoms with Gasteiger partial charge >= 0.3 is 0 Å². The maximum Gasteiger partial charge on any atom is 0.156 e. The van der Waals surface area contributed by atoms with E-state index in [1.165, 1.54) is 11.3 Å². The number of aryl methyl sites for hydroxylation is 2. The SMILES string of the molecule is Cc1cc(Cl)c(OCCCOc2ccc(C(C(C=O)CN)N3CCCc4ccccc43)cc2)c(Cl)c1. The van der Waals surface area contributed by atoms with Crippen molar-refractivity contribution in [3.63, 3.8) is 0 Å². The second kappa shape index (κ2) is 12.5. The minimum absolute atomic E-state index is 0.125. The molecule has 0 saturated carbocycles. The average Bonchev–Trinajstić information content (AvgIpc) is 2.88. The van der Waals surface area contributed by atoms with Gasteiger partial charge in [0.05, 0.1) is 35.2 Å². The quantitative estimate of drug-likeness (QED) is 0.230. The van der Waals surface area contributed by atoms with Gasteiger partial charge in [0, 0.05) is 25.2 Å². The van der Waals surface area contributed by atoms with Gasteiger partial charge in [-0.3, -0.25) is 0 Å². The van der Waals surface area contributed by atoms with Crippen molar-refractivity contribution in [2.45, 2.75) is 32.2 Å². The van der Waals surface area contributed by atoms with Crippen LogP contribution in [0.2, 0.25) is 10.0 Å². The van der Waals surface area contributed by atoms with Crippen LogP contribution in [-0.2, 0) is 11.2 Å². The van der Waals surface area contributed by atoms with Crippen molar-refractivity contribution in [3.8, 4) is 11.5 Å².